The first kappa shape index (κ1) is 19.9. The first-order valence-electron chi connectivity index (χ1n) is 9.38. The minimum Gasteiger partial charge on any atom is -0.381 e. The third kappa shape index (κ3) is 5.02. The predicted molar refractivity (Wildman–Crippen MR) is 105 cm³/mol. The molecular formula is C18H36N4OS. The molecule has 2 aliphatic rings. The summed E-state index contributed by atoms with van der Waals surface area (Å²) in [6.45, 7) is 12.5. The van der Waals surface area contributed by atoms with Crippen LogP contribution in [0.2, 0.25) is 0 Å². The standard InChI is InChI=1S/C18H36N4OS/c1-6-19-17(22-9-12-24-16(13-22)15(2)3)20-14-18(21(4)5)7-10-23-11-8-18/h15-16H,6-14H2,1-5H3,(H,19,20). The topological polar surface area (TPSA) is 40.1 Å². The van der Waals surface area contributed by atoms with E-state index in [4.69, 9.17) is 9.73 Å². The molecule has 2 rings (SSSR count). The third-order valence-corrected chi connectivity index (χ3v) is 6.91. The quantitative estimate of drug-likeness (QED) is 0.604. The Labute approximate surface area is 152 Å². The van der Waals surface area contributed by atoms with E-state index in [9.17, 15) is 0 Å². The van der Waals surface area contributed by atoms with Crippen molar-refractivity contribution in [3.8, 4) is 0 Å². The van der Waals surface area contributed by atoms with Crippen LogP contribution in [0, 0.1) is 5.92 Å². The molecule has 2 saturated heterocycles. The van der Waals surface area contributed by atoms with Crippen LogP contribution in [-0.4, -0.2) is 85.8 Å². The van der Waals surface area contributed by atoms with Gasteiger partial charge in [-0.15, -0.1) is 0 Å². The summed E-state index contributed by atoms with van der Waals surface area (Å²) in [4.78, 5) is 9.89. The van der Waals surface area contributed by atoms with Gasteiger partial charge in [-0.05, 0) is 39.8 Å². The van der Waals surface area contributed by atoms with E-state index in [1.165, 1.54) is 5.75 Å². The summed E-state index contributed by atoms with van der Waals surface area (Å²) >= 11 is 2.11. The Balaban J connectivity index is 2.09. The Morgan fingerprint density at radius 3 is 2.67 bits per heavy atom. The molecule has 0 aromatic carbocycles. The highest BCUT2D eigenvalue weighted by atomic mass is 32.2. The zero-order valence-electron chi connectivity index (χ0n) is 16.2. The summed E-state index contributed by atoms with van der Waals surface area (Å²) in [5, 5.41) is 4.23. The zero-order valence-corrected chi connectivity index (χ0v) is 17.0. The first-order chi connectivity index (χ1) is 11.5. The third-order valence-electron chi connectivity index (χ3n) is 5.37. The second-order valence-electron chi connectivity index (χ2n) is 7.50. The SMILES string of the molecule is CCNC(=NCC1(N(C)C)CCOCC1)N1CCSC(C(C)C)C1. The van der Waals surface area contributed by atoms with Crippen LogP contribution in [0.3, 0.4) is 0 Å². The number of thioether (sulfide) groups is 1. The molecule has 2 fully saturated rings. The van der Waals surface area contributed by atoms with Gasteiger partial charge in [0.2, 0.25) is 0 Å². The van der Waals surface area contributed by atoms with Crippen molar-refractivity contribution in [2.24, 2.45) is 10.9 Å². The summed E-state index contributed by atoms with van der Waals surface area (Å²) in [5.41, 5.74) is 0.140. The van der Waals surface area contributed by atoms with Gasteiger partial charge in [-0.2, -0.15) is 11.8 Å². The van der Waals surface area contributed by atoms with Crippen molar-refractivity contribution in [2.75, 3.05) is 59.2 Å². The monoisotopic (exact) mass is 356 g/mol. The molecule has 0 spiro atoms. The lowest BCUT2D eigenvalue weighted by Gasteiger charge is -2.42. The molecule has 0 aromatic heterocycles. The lowest BCUT2D eigenvalue weighted by molar-refractivity contribution is -0.00264. The number of likely N-dealkylation sites (N-methyl/N-ethyl adjacent to an activating group) is 1. The summed E-state index contributed by atoms with van der Waals surface area (Å²) < 4.78 is 5.58. The Morgan fingerprint density at radius 2 is 2.08 bits per heavy atom. The smallest absolute Gasteiger partial charge is 0.194 e. The van der Waals surface area contributed by atoms with E-state index in [0.717, 1.165) is 58.2 Å². The van der Waals surface area contributed by atoms with Crippen molar-refractivity contribution < 1.29 is 4.74 Å². The number of ether oxygens (including phenoxy) is 1. The number of rotatable bonds is 5. The normalized spacial score (nSPS) is 25.4. The van der Waals surface area contributed by atoms with Gasteiger partial charge in [-0.3, -0.25) is 4.99 Å². The van der Waals surface area contributed by atoms with Crippen LogP contribution in [0.4, 0.5) is 0 Å². The maximum absolute atomic E-state index is 5.58. The van der Waals surface area contributed by atoms with Gasteiger partial charge < -0.3 is 19.9 Å². The Hall–Kier alpha value is -0.460. The van der Waals surface area contributed by atoms with Crippen molar-refractivity contribution in [2.45, 2.75) is 44.4 Å². The average molecular weight is 357 g/mol. The number of nitrogens with one attached hydrogen (secondary N) is 1. The molecule has 0 amide bonds. The molecule has 0 aliphatic carbocycles. The lowest BCUT2D eigenvalue weighted by atomic mass is 9.89. The maximum Gasteiger partial charge on any atom is 0.194 e. The van der Waals surface area contributed by atoms with Crippen LogP contribution >= 0.6 is 11.8 Å². The highest BCUT2D eigenvalue weighted by Crippen LogP contribution is 2.27. The minimum atomic E-state index is 0.140. The van der Waals surface area contributed by atoms with Crippen molar-refractivity contribution in [3.63, 3.8) is 0 Å². The first-order valence-corrected chi connectivity index (χ1v) is 10.4. The summed E-state index contributed by atoms with van der Waals surface area (Å²) in [7, 11) is 4.36. The molecule has 5 nitrogen and oxygen atoms in total. The van der Waals surface area contributed by atoms with E-state index in [1.807, 2.05) is 0 Å². The summed E-state index contributed by atoms with van der Waals surface area (Å²) in [6.07, 6.45) is 2.13. The number of hydrogen-bond donors (Lipinski definition) is 1. The van der Waals surface area contributed by atoms with Gasteiger partial charge in [-0.1, -0.05) is 13.8 Å². The molecule has 2 aliphatic heterocycles. The van der Waals surface area contributed by atoms with Gasteiger partial charge >= 0.3 is 0 Å². The van der Waals surface area contributed by atoms with Crippen LogP contribution < -0.4 is 5.32 Å². The maximum atomic E-state index is 5.58. The Kier molecular flexibility index (Phi) is 7.69. The van der Waals surface area contributed by atoms with E-state index < -0.39 is 0 Å². The molecule has 1 unspecified atom stereocenters. The van der Waals surface area contributed by atoms with E-state index in [2.05, 4.69) is 61.7 Å². The van der Waals surface area contributed by atoms with Crippen molar-refractivity contribution in [3.05, 3.63) is 0 Å². The Morgan fingerprint density at radius 1 is 1.38 bits per heavy atom. The molecule has 2 heterocycles. The van der Waals surface area contributed by atoms with Crippen molar-refractivity contribution >= 4 is 17.7 Å². The molecule has 24 heavy (non-hydrogen) atoms. The van der Waals surface area contributed by atoms with Gasteiger partial charge in [0.15, 0.2) is 5.96 Å². The second-order valence-corrected chi connectivity index (χ2v) is 8.85. The van der Waals surface area contributed by atoms with Crippen molar-refractivity contribution in [1.29, 1.82) is 0 Å². The number of hydrogen-bond acceptors (Lipinski definition) is 4. The van der Waals surface area contributed by atoms with E-state index in [-0.39, 0.29) is 5.54 Å². The van der Waals surface area contributed by atoms with Crippen LogP contribution in [0.5, 0.6) is 0 Å². The van der Waals surface area contributed by atoms with Gasteiger partial charge in [0, 0.05) is 49.4 Å². The van der Waals surface area contributed by atoms with Gasteiger partial charge in [0.05, 0.1) is 6.54 Å². The Bertz CT molecular complexity index is 408. The lowest BCUT2D eigenvalue weighted by Crippen LogP contribution is -2.53. The highest BCUT2D eigenvalue weighted by Gasteiger charge is 2.35. The van der Waals surface area contributed by atoms with Gasteiger partial charge in [0.1, 0.15) is 0 Å². The predicted octanol–water partition coefficient (Wildman–Crippen LogP) is 2.14. The minimum absolute atomic E-state index is 0.140. The highest BCUT2D eigenvalue weighted by molar-refractivity contribution is 8.00. The largest absolute Gasteiger partial charge is 0.381 e. The van der Waals surface area contributed by atoms with Crippen LogP contribution in [-0.2, 0) is 4.74 Å². The average Bonchev–Trinajstić information content (AvgIpc) is 2.59. The fourth-order valence-corrected chi connectivity index (χ4v) is 4.72. The second kappa shape index (κ2) is 9.30. The molecule has 1 atom stereocenters. The molecule has 0 saturated carbocycles. The number of nitrogens with zero attached hydrogens (tertiary/aromatic N) is 3. The molecule has 6 heteroatoms. The fourth-order valence-electron chi connectivity index (χ4n) is 3.42. The van der Waals surface area contributed by atoms with Crippen molar-refractivity contribution in [1.82, 2.24) is 15.1 Å². The molecule has 1 N–H and O–H groups in total. The molecular weight excluding hydrogens is 320 g/mol. The van der Waals surface area contributed by atoms with Crippen LogP contribution in [0.25, 0.3) is 0 Å². The van der Waals surface area contributed by atoms with E-state index in [1.54, 1.807) is 0 Å². The van der Waals surface area contributed by atoms with Crippen LogP contribution in [0.15, 0.2) is 4.99 Å². The van der Waals surface area contributed by atoms with Gasteiger partial charge in [-0.25, -0.2) is 0 Å². The molecule has 0 aromatic rings. The number of aliphatic imine (C=N–C) groups is 1. The number of guanidine groups is 1. The van der Waals surface area contributed by atoms with Gasteiger partial charge in [0.25, 0.3) is 0 Å². The molecule has 0 radical (unpaired) electrons. The molecule has 0 bridgehead atoms. The summed E-state index contributed by atoms with van der Waals surface area (Å²) in [5.74, 6) is 3.00. The fraction of sp³-hybridized carbons (Fsp3) is 0.944. The summed E-state index contributed by atoms with van der Waals surface area (Å²) in [6, 6.07) is 0. The molecule has 140 valence electrons. The van der Waals surface area contributed by atoms with E-state index in [0.29, 0.717) is 11.2 Å². The zero-order chi connectivity index (χ0) is 17.6. The van der Waals surface area contributed by atoms with E-state index >= 15 is 0 Å². The van der Waals surface area contributed by atoms with Crippen LogP contribution in [0.1, 0.15) is 33.6 Å².